The van der Waals surface area contributed by atoms with Gasteiger partial charge in [-0.25, -0.2) is 0 Å². The van der Waals surface area contributed by atoms with Gasteiger partial charge in [0, 0.05) is 0 Å². The fourth-order valence-corrected chi connectivity index (χ4v) is 0.963. The average molecular weight is 186 g/mol. The molecule has 1 N–H and O–H groups in total. The summed E-state index contributed by atoms with van der Waals surface area (Å²) in [6, 6.07) is 4.61. The number of nitrogens with zero attached hydrogens (tertiary/aromatic N) is 3. The largest absolute Gasteiger partial charge is 0.319 e. The monoisotopic (exact) mass is 186 g/mol. The second-order valence-electron chi connectivity index (χ2n) is 2.37. The van der Waals surface area contributed by atoms with Gasteiger partial charge in [-0.2, -0.15) is 15.8 Å². The first-order chi connectivity index (χ1) is 6.65. The smallest absolute Gasteiger partial charge is 0.297 e. The zero-order chi connectivity index (χ0) is 10.7. The minimum absolute atomic E-state index is 0.215. The second-order valence-corrected chi connectivity index (χ2v) is 2.37. The molecule has 0 aromatic rings. The Hall–Kier alpha value is -2.65. The van der Waals surface area contributed by atoms with Crippen LogP contribution in [0.5, 0.6) is 0 Å². The molecule has 1 aliphatic rings. The molecule has 0 aromatic heterocycles. The van der Waals surface area contributed by atoms with Gasteiger partial charge in [0.15, 0.2) is 5.92 Å². The van der Waals surface area contributed by atoms with Crippen molar-refractivity contribution in [1.29, 1.82) is 15.8 Å². The molecule has 0 spiro atoms. The lowest BCUT2D eigenvalue weighted by molar-refractivity contribution is -0.134. The van der Waals surface area contributed by atoms with Crippen molar-refractivity contribution in [3.8, 4) is 18.2 Å². The van der Waals surface area contributed by atoms with Crippen molar-refractivity contribution in [2.75, 3.05) is 0 Å². The Morgan fingerprint density at radius 1 is 1.14 bits per heavy atom. The van der Waals surface area contributed by atoms with E-state index in [-0.39, 0.29) is 5.70 Å². The molecule has 0 atom stereocenters. The van der Waals surface area contributed by atoms with Crippen LogP contribution in [0.4, 0.5) is 0 Å². The number of rotatable bonds is 1. The highest BCUT2D eigenvalue weighted by atomic mass is 16.2. The van der Waals surface area contributed by atoms with Crippen molar-refractivity contribution >= 4 is 11.7 Å². The van der Waals surface area contributed by atoms with Crippen molar-refractivity contribution in [2.24, 2.45) is 5.92 Å². The molecule has 6 heteroatoms. The fraction of sp³-hybridized carbons (Fsp3) is 0.125. The first kappa shape index (κ1) is 9.44. The van der Waals surface area contributed by atoms with Gasteiger partial charge in [0.1, 0.15) is 11.6 Å². The molecule has 0 saturated heterocycles. The second kappa shape index (κ2) is 3.38. The summed E-state index contributed by atoms with van der Waals surface area (Å²) in [7, 11) is 0. The highest BCUT2D eigenvalue weighted by molar-refractivity contribution is 6.46. The maximum absolute atomic E-state index is 11.0. The summed E-state index contributed by atoms with van der Waals surface area (Å²) in [5, 5.41) is 27.5. The minimum atomic E-state index is -1.29. The van der Waals surface area contributed by atoms with E-state index in [1.807, 2.05) is 5.32 Å². The third-order valence-corrected chi connectivity index (χ3v) is 1.61. The number of ketones is 1. The number of hydrogen-bond donors (Lipinski definition) is 1. The summed E-state index contributed by atoms with van der Waals surface area (Å²) in [5.41, 5.74) is -0.671. The van der Waals surface area contributed by atoms with Gasteiger partial charge in [-0.1, -0.05) is 0 Å². The topological polar surface area (TPSA) is 118 Å². The molecule has 66 valence electrons. The number of allylic oxidation sites excluding steroid dienone is 1. The average Bonchev–Trinajstić information content (AvgIpc) is 2.45. The van der Waals surface area contributed by atoms with Gasteiger partial charge in [-0.15, -0.1) is 0 Å². The zero-order valence-electron chi connectivity index (χ0n) is 6.74. The van der Waals surface area contributed by atoms with E-state index < -0.39 is 23.2 Å². The maximum atomic E-state index is 11.0. The fourth-order valence-electron chi connectivity index (χ4n) is 0.963. The molecule has 0 fully saturated rings. The van der Waals surface area contributed by atoms with Crippen molar-refractivity contribution < 1.29 is 9.59 Å². The minimum Gasteiger partial charge on any atom is -0.319 e. The molecule has 0 saturated carbocycles. The molecule has 1 heterocycles. The summed E-state index contributed by atoms with van der Waals surface area (Å²) in [6.07, 6.45) is 0. The number of Topliss-reactive ketones (excluding diaryl/α,β-unsaturated/α-hetero) is 1. The van der Waals surface area contributed by atoms with Crippen LogP contribution in [0.25, 0.3) is 0 Å². The highest BCUT2D eigenvalue weighted by Gasteiger charge is 2.35. The molecule has 0 aromatic carbocycles. The lowest BCUT2D eigenvalue weighted by atomic mass is 10.1. The summed E-state index contributed by atoms with van der Waals surface area (Å²) in [4.78, 5) is 21.8. The molecule has 0 unspecified atom stereocenters. The molecule has 1 rings (SSSR count). The van der Waals surface area contributed by atoms with Crippen molar-refractivity contribution in [2.45, 2.75) is 0 Å². The Labute approximate surface area is 78.6 Å². The van der Waals surface area contributed by atoms with E-state index in [0.717, 1.165) is 0 Å². The number of carbonyl (C=O) groups excluding carboxylic acids is 2. The van der Waals surface area contributed by atoms with Gasteiger partial charge in [0.25, 0.3) is 11.7 Å². The lowest BCUT2D eigenvalue weighted by Gasteiger charge is -1.99. The number of nitriles is 3. The Bertz CT molecular complexity index is 455. The predicted octanol–water partition coefficient (Wildman–Crippen LogP) is -0.874. The quantitative estimate of drug-likeness (QED) is 0.534. The first-order valence-corrected chi connectivity index (χ1v) is 3.45. The van der Waals surface area contributed by atoms with Crippen molar-refractivity contribution in [3.63, 3.8) is 0 Å². The van der Waals surface area contributed by atoms with Crippen LogP contribution in [-0.2, 0) is 9.59 Å². The molecule has 0 bridgehead atoms. The van der Waals surface area contributed by atoms with Crippen molar-refractivity contribution in [1.82, 2.24) is 5.32 Å². The Balaban J connectivity index is 3.25. The Morgan fingerprint density at radius 3 is 2.14 bits per heavy atom. The standard InChI is InChI=1S/C8H2N4O2/c9-1-4(2-10)6-5(3-11)7(13)8(14)12-6/h4H,(H,12,13,14). The number of carbonyl (C=O) groups is 2. The van der Waals surface area contributed by atoms with Crippen LogP contribution in [0.3, 0.4) is 0 Å². The lowest BCUT2D eigenvalue weighted by Crippen LogP contribution is -2.23. The van der Waals surface area contributed by atoms with Crippen molar-refractivity contribution in [3.05, 3.63) is 11.3 Å². The van der Waals surface area contributed by atoms with Crippen LogP contribution in [0.2, 0.25) is 0 Å². The molecule has 14 heavy (non-hydrogen) atoms. The molecule has 1 aliphatic heterocycles. The Kier molecular flexibility index (Phi) is 2.28. The summed E-state index contributed by atoms with van der Waals surface area (Å²) < 4.78 is 0. The number of amides is 1. The van der Waals surface area contributed by atoms with E-state index in [1.165, 1.54) is 6.07 Å². The van der Waals surface area contributed by atoms with E-state index in [9.17, 15) is 9.59 Å². The summed E-state index contributed by atoms with van der Waals surface area (Å²) >= 11 is 0. The molecular weight excluding hydrogens is 184 g/mol. The van der Waals surface area contributed by atoms with E-state index in [0.29, 0.717) is 0 Å². The summed E-state index contributed by atoms with van der Waals surface area (Å²) in [6.45, 7) is 0. The molecule has 0 radical (unpaired) electrons. The highest BCUT2D eigenvalue weighted by Crippen LogP contribution is 2.17. The maximum Gasteiger partial charge on any atom is 0.297 e. The summed E-state index contributed by atoms with van der Waals surface area (Å²) in [5.74, 6) is -3.27. The van der Waals surface area contributed by atoms with Gasteiger partial charge < -0.3 is 5.32 Å². The zero-order valence-corrected chi connectivity index (χ0v) is 6.74. The molecule has 1 amide bonds. The molecule has 6 nitrogen and oxygen atoms in total. The number of hydrogen-bond acceptors (Lipinski definition) is 5. The van der Waals surface area contributed by atoms with E-state index in [2.05, 4.69) is 0 Å². The molecule has 0 aliphatic carbocycles. The third-order valence-electron chi connectivity index (χ3n) is 1.61. The van der Waals surface area contributed by atoms with Crippen LogP contribution in [0.15, 0.2) is 11.3 Å². The SMILES string of the molecule is N#CC1=C(C(C#N)C#N)NC(=O)C1=O. The third kappa shape index (κ3) is 1.20. The van der Waals surface area contributed by atoms with Crippen LogP contribution < -0.4 is 5.32 Å². The van der Waals surface area contributed by atoms with E-state index in [1.54, 1.807) is 12.1 Å². The van der Waals surface area contributed by atoms with Crippen LogP contribution in [-0.4, -0.2) is 11.7 Å². The van der Waals surface area contributed by atoms with Crippen LogP contribution in [0.1, 0.15) is 0 Å². The van der Waals surface area contributed by atoms with Gasteiger partial charge in [0.2, 0.25) is 0 Å². The Morgan fingerprint density at radius 2 is 1.71 bits per heavy atom. The van der Waals surface area contributed by atoms with Crippen LogP contribution in [0, 0.1) is 39.9 Å². The van der Waals surface area contributed by atoms with Crippen LogP contribution >= 0.6 is 0 Å². The number of nitrogens with one attached hydrogen (secondary N) is 1. The first-order valence-electron chi connectivity index (χ1n) is 3.45. The van der Waals surface area contributed by atoms with Gasteiger partial charge in [0.05, 0.1) is 17.8 Å². The van der Waals surface area contributed by atoms with Gasteiger partial charge in [-0.05, 0) is 0 Å². The van der Waals surface area contributed by atoms with Gasteiger partial charge >= 0.3 is 0 Å². The molecular formula is C8H2N4O2. The van der Waals surface area contributed by atoms with E-state index >= 15 is 0 Å². The normalized spacial score (nSPS) is 14.7. The predicted molar refractivity (Wildman–Crippen MR) is 40.5 cm³/mol. The van der Waals surface area contributed by atoms with E-state index in [4.69, 9.17) is 15.8 Å². The van der Waals surface area contributed by atoms with Gasteiger partial charge in [-0.3, -0.25) is 9.59 Å².